The summed E-state index contributed by atoms with van der Waals surface area (Å²) in [5, 5.41) is 6.18. The summed E-state index contributed by atoms with van der Waals surface area (Å²) in [6, 6.07) is 0. The van der Waals surface area contributed by atoms with Gasteiger partial charge in [0, 0.05) is 20.1 Å². The summed E-state index contributed by atoms with van der Waals surface area (Å²) in [5.74, 6) is 1.05. The largest absolute Gasteiger partial charge is 0.469 e. The molecule has 0 amide bonds. The Bertz CT molecular complexity index is 215. The minimum atomic E-state index is -0.221. The van der Waals surface area contributed by atoms with E-state index in [4.69, 9.17) is 0 Å². The number of rotatable bonds is 5. The molecule has 0 fully saturated rings. The van der Waals surface area contributed by atoms with Crippen LogP contribution in [0.1, 0.15) is 20.3 Å². The van der Waals surface area contributed by atoms with E-state index in [9.17, 15) is 4.79 Å². The fourth-order valence-electron chi connectivity index (χ4n) is 0.906. The third kappa shape index (κ3) is 7.78. The van der Waals surface area contributed by atoms with Crippen LogP contribution in [0.25, 0.3) is 0 Å². The minimum Gasteiger partial charge on any atom is -0.469 e. The molecular formula is C10H21N3O2. The molecule has 0 aromatic carbocycles. The van der Waals surface area contributed by atoms with Crippen LogP contribution in [-0.4, -0.2) is 39.2 Å². The molecule has 0 unspecified atom stereocenters. The monoisotopic (exact) mass is 215 g/mol. The highest BCUT2D eigenvalue weighted by Gasteiger charge is 2.01. The predicted molar refractivity (Wildman–Crippen MR) is 60.8 cm³/mol. The van der Waals surface area contributed by atoms with Gasteiger partial charge in [-0.15, -0.1) is 0 Å². The highest BCUT2D eigenvalue weighted by Crippen LogP contribution is 1.87. The standard InChI is InChI=1S/C10H21N3O2/c1-8(2)7-13-10(11-3)12-6-5-9(14)15-4/h8H,5-7H2,1-4H3,(H2,11,12,13). The zero-order chi connectivity index (χ0) is 11.7. The van der Waals surface area contributed by atoms with Gasteiger partial charge in [0.2, 0.25) is 0 Å². The molecule has 0 saturated carbocycles. The summed E-state index contributed by atoms with van der Waals surface area (Å²) in [6.45, 7) is 5.63. The van der Waals surface area contributed by atoms with E-state index in [0.717, 1.165) is 6.54 Å². The number of nitrogens with zero attached hydrogens (tertiary/aromatic N) is 1. The summed E-state index contributed by atoms with van der Waals surface area (Å²) < 4.78 is 4.52. The highest BCUT2D eigenvalue weighted by molar-refractivity contribution is 5.80. The van der Waals surface area contributed by atoms with Crippen molar-refractivity contribution in [1.82, 2.24) is 10.6 Å². The van der Waals surface area contributed by atoms with E-state index in [1.807, 2.05) is 0 Å². The Morgan fingerprint density at radius 1 is 1.40 bits per heavy atom. The predicted octanol–water partition coefficient (Wildman–Crippen LogP) is 0.370. The van der Waals surface area contributed by atoms with Crippen LogP contribution in [0.2, 0.25) is 0 Å². The van der Waals surface area contributed by atoms with Gasteiger partial charge >= 0.3 is 5.97 Å². The molecule has 0 radical (unpaired) electrons. The van der Waals surface area contributed by atoms with Gasteiger partial charge in [-0.2, -0.15) is 0 Å². The molecule has 0 atom stereocenters. The van der Waals surface area contributed by atoms with Crippen LogP contribution in [0.15, 0.2) is 4.99 Å². The van der Waals surface area contributed by atoms with Gasteiger partial charge in [0.15, 0.2) is 5.96 Å². The molecular weight excluding hydrogens is 194 g/mol. The Balaban J connectivity index is 3.67. The molecule has 0 bridgehead atoms. The second kappa shape index (κ2) is 8.08. The Morgan fingerprint density at radius 3 is 2.53 bits per heavy atom. The lowest BCUT2D eigenvalue weighted by Gasteiger charge is -2.12. The first-order valence-electron chi connectivity index (χ1n) is 5.11. The van der Waals surface area contributed by atoms with Crippen LogP contribution in [0.4, 0.5) is 0 Å². The van der Waals surface area contributed by atoms with Crippen molar-refractivity contribution in [2.24, 2.45) is 10.9 Å². The van der Waals surface area contributed by atoms with E-state index in [-0.39, 0.29) is 5.97 Å². The van der Waals surface area contributed by atoms with Crippen molar-refractivity contribution in [1.29, 1.82) is 0 Å². The molecule has 15 heavy (non-hydrogen) atoms. The maximum absolute atomic E-state index is 10.8. The highest BCUT2D eigenvalue weighted by atomic mass is 16.5. The van der Waals surface area contributed by atoms with Gasteiger partial charge in [-0.3, -0.25) is 9.79 Å². The first-order chi connectivity index (χ1) is 7.10. The quantitative estimate of drug-likeness (QED) is 0.395. The molecule has 0 aliphatic rings. The third-order valence-electron chi connectivity index (χ3n) is 1.75. The zero-order valence-electron chi connectivity index (χ0n) is 9.96. The average molecular weight is 215 g/mol. The molecule has 2 N–H and O–H groups in total. The number of guanidine groups is 1. The fraction of sp³-hybridized carbons (Fsp3) is 0.800. The molecule has 0 aliphatic heterocycles. The number of esters is 1. The van der Waals surface area contributed by atoms with Crippen molar-refractivity contribution in [3.63, 3.8) is 0 Å². The summed E-state index contributed by atoms with van der Waals surface area (Å²) in [4.78, 5) is 14.9. The maximum atomic E-state index is 10.8. The van der Waals surface area contributed by atoms with E-state index in [1.165, 1.54) is 7.11 Å². The maximum Gasteiger partial charge on any atom is 0.307 e. The van der Waals surface area contributed by atoms with Crippen molar-refractivity contribution in [2.45, 2.75) is 20.3 Å². The van der Waals surface area contributed by atoms with E-state index < -0.39 is 0 Å². The number of carbonyl (C=O) groups excluding carboxylic acids is 1. The number of hydrogen-bond donors (Lipinski definition) is 2. The summed E-state index contributed by atoms with van der Waals surface area (Å²) in [7, 11) is 3.09. The molecule has 88 valence electrons. The van der Waals surface area contributed by atoms with Crippen molar-refractivity contribution >= 4 is 11.9 Å². The topological polar surface area (TPSA) is 62.7 Å². The second-order valence-electron chi connectivity index (χ2n) is 3.60. The lowest BCUT2D eigenvalue weighted by Crippen LogP contribution is -2.39. The molecule has 5 heteroatoms. The zero-order valence-corrected chi connectivity index (χ0v) is 9.96. The number of carbonyl (C=O) groups is 1. The van der Waals surface area contributed by atoms with Crippen LogP contribution in [-0.2, 0) is 9.53 Å². The van der Waals surface area contributed by atoms with Crippen LogP contribution >= 0.6 is 0 Å². The molecule has 0 aromatic rings. The van der Waals surface area contributed by atoms with Gasteiger partial charge in [0.1, 0.15) is 0 Å². The molecule has 0 aliphatic carbocycles. The van der Waals surface area contributed by atoms with Gasteiger partial charge < -0.3 is 15.4 Å². The minimum absolute atomic E-state index is 0.221. The van der Waals surface area contributed by atoms with Crippen molar-refractivity contribution < 1.29 is 9.53 Å². The number of hydrogen-bond acceptors (Lipinski definition) is 3. The Labute approximate surface area is 91.3 Å². The van der Waals surface area contributed by atoms with Gasteiger partial charge in [-0.05, 0) is 5.92 Å². The molecule has 5 nitrogen and oxygen atoms in total. The van der Waals surface area contributed by atoms with Crippen LogP contribution in [0.5, 0.6) is 0 Å². The van der Waals surface area contributed by atoms with Gasteiger partial charge in [-0.25, -0.2) is 0 Å². The van der Waals surface area contributed by atoms with Crippen molar-refractivity contribution in [3.8, 4) is 0 Å². The SMILES string of the molecule is CN=C(NCCC(=O)OC)NCC(C)C. The molecule has 0 saturated heterocycles. The summed E-state index contributed by atoms with van der Waals surface area (Å²) in [6.07, 6.45) is 0.346. The van der Waals surface area contributed by atoms with Crippen molar-refractivity contribution in [3.05, 3.63) is 0 Å². The summed E-state index contributed by atoms with van der Waals surface area (Å²) >= 11 is 0. The van der Waals surface area contributed by atoms with Gasteiger partial charge in [0.05, 0.1) is 13.5 Å². The summed E-state index contributed by atoms with van der Waals surface area (Å²) in [5.41, 5.74) is 0. The molecule has 0 heterocycles. The van der Waals surface area contributed by atoms with Crippen molar-refractivity contribution in [2.75, 3.05) is 27.2 Å². The lowest BCUT2D eigenvalue weighted by atomic mass is 10.2. The van der Waals surface area contributed by atoms with Gasteiger partial charge in [-0.1, -0.05) is 13.8 Å². The number of aliphatic imine (C=N–C) groups is 1. The number of nitrogens with one attached hydrogen (secondary N) is 2. The van der Waals surface area contributed by atoms with E-state index in [0.29, 0.717) is 24.8 Å². The fourth-order valence-corrected chi connectivity index (χ4v) is 0.906. The second-order valence-corrected chi connectivity index (χ2v) is 3.60. The Kier molecular flexibility index (Phi) is 7.40. The van der Waals surface area contributed by atoms with E-state index >= 15 is 0 Å². The van der Waals surface area contributed by atoms with E-state index in [2.05, 4.69) is 34.2 Å². The third-order valence-corrected chi connectivity index (χ3v) is 1.75. The molecule has 0 spiro atoms. The van der Waals surface area contributed by atoms with Crippen LogP contribution < -0.4 is 10.6 Å². The van der Waals surface area contributed by atoms with Crippen LogP contribution in [0.3, 0.4) is 0 Å². The lowest BCUT2D eigenvalue weighted by molar-refractivity contribution is -0.140. The number of ether oxygens (including phenoxy) is 1. The van der Waals surface area contributed by atoms with Gasteiger partial charge in [0.25, 0.3) is 0 Å². The van der Waals surface area contributed by atoms with Crippen LogP contribution in [0, 0.1) is 5.92 Å². The molecule has 0 rings (SSSR count). The van der Waals surface area contributed by atoms with E-state index in [1.54, 1.807) is 7.05 Å². The normalized spacial score (nSPS) is 11.4. The Morgan fingerprint density at radius 2 is 2.07 bits per heavy atom. The first kappa shape index (κ1) is 13.7. The molecule has 0 aromatic heterocycles. The smallest absolute Gasteiger partial charge is 0.307 e. The number of methoxy groups -OCH3 is 1. The average Bonchev–Trinajstić information content (AvgIpc) is 2.22. The first-order valence-corrected chi connectivity index (χ1v) is 5.11. The Hall–Kier alpha value is -1.26.